The first-order chi connectivity index (χ1) is 24.4. The highest BCUT2D eigenvalue weighted by Crippen LogP contribution is 2.39. The van der Waals surface area contributed by atoms with E-state index in [1.54, 1.807) is 0 Å². The summed E-state index contributed by atoms with van der Waals surface area (Å²) in [6.07, 6.45) is 0.592. The van der Waals surface area contributed by atoms with Crippen molar-refractivity contribution >= 4 is 11.9 Å². The summed E-state index contributed by atoms with van der Waals surface area (Å²) in [4.78, 5) is 27.9. The molecule has 0 saturated carbocycles. The normalized spacial score (nSPS) is 20.0. The van der Waals surface area contributed by atoms with Crippen LogP contribution in [0.1, 0.15) is 65.9 Å². The molecule has 1 amide bonds. The molecule has 0 aliphatic carbocycles. The summed E-state index contributed by atoms with van der Waals surface area (Å²) in [6, 6.07) is 35.0. The number of aliphatic hydroxyl groups is 1. The molecule has 3 atom stereocenters. The van der Waals surface area contributed by atoms with Gasteiger partial charge in [0.05, 0.1) is 18.8 Å². The van der Waals surface area contributed by atoms with Crippen molar-refractivity contribution in [3.63, 3.8) is 0 Å². The van der Waals surface area contributed by atoms with Crippen LogP contribution in [0.4, 0.5) is 0 Å². The van der Waals surface area contributed by atoms with Crippen LogP contribution in [0.25, 0.3) is 11.1 Å². The number of carboxylic acid groups (broad SMARTS) is 1. The number of rotatable bonds is 14. The number of hydrogen-bond donors (Lipinski definition) is 3. The predicted octanol–water partition coefficient (Wildman–Crippen LogP) is 6.08. The molecule has 0 radical (unpaired) electrons. The Kier molecular flexibility index (Phi) is 12.4. The van der Waals surface area contributed by atoms with E-state index >= 15 is 0 Å². The Bertz CT molecular complexity index is 1670. The van der Waals surface area contributed by atoms with E-state index in [2.05, 4.69) is 75.8 Å². The Morgan fingerprint density at radius 1 is 0.720 bits per heavy atom. The molecule has 3 N–H and O–H groups in total. The molecule has 2 saturated heterocycles. The van der Waals surface area contributed by atoms with Gasteiger partial charge >= 0.3 is 5.97 Å². The number of hydrogen-bond acceptors (Lipinski definition) is 7. The number of aliphatic hydroxyl groups excluding tert-OH is 1. The summed E-state index contributed by atoms with van der Waals surface area (Å²) in [7, 11) is 0. The molecule has 2 fully saturated rings. The topological polar surface area (TPSA) is 112 Å². The van der Waals surface area contributed by atoms with Crippen molar-refractivity contribution < 1.29 is 29.3 Å². The average Bonchev–Trinajstić information content (AvgIpc) is 3.15. The van der Waals surface area contributed by atoms with Gasteiger partial charge in [-0.05, 0) is 45.9 Å². The number of carbonyl (C=O) groups is 2. The van der Waals surface area contributed by atoms with Gasteiger partial charge in [-0.2, -0.15) is 0 Å². The number of ether oxygens (including phenoxy) is 2. The zero-order chi connectivity index (χ0) is 34.7. The second-order valence-corrected chi connectivity index (χ2v) is 13.3. The Morgan fingerprint density at radius 3 is 2.14 bits per heavy atom. The third kappa shape index (κ3) is 10.1. The van der Waals surface area contributed by atoms with E-state index in [0.717, 1.165) is 79.1 Å². The van der Waals surface area contributed by atoms with Gasteiger partial charge in [0.15, 0.2) is 6.29 Å². The number of carboxylic acids is 1. The smallest absolute Gasteiger partial charge is 0.303 e. The molecular formula is C41H47N3O6. The molecule has 9 nitrogen and oxygen atoms in total. The van der Waals surface area contributed by atoms with Gasteiger partial charge in [-0.15, -0.1) is 0 Å². The fourth-order valence-electron chi connectivity index (χ4n) is 6.68. The minimum atomic E-state index is -0.893. The van der Waals surface area contributed by atoms with Crippen LogP contribution in [0, 0.1) is 0 Å². The molecule has 4 aromatic rings. The highest BCUT2D eigenvalue weighted by molar-refractivity contribution is 5.76. The Hall–Kier alpha value is -4.38. The molecule has 262 valence electrons. The maximum atomic E-state index is 12.2. The molecular weight excluding hydrogens is 630 g/mol. The van der Waals surface area contributed by atoms with Gasteiger partial charge in [0.2, 0.25) is 5.91 Å². The fourth-order valence-corrected chi connectivity index (χ4v) is 6.68. The van der Waals surface area contributed by atoms with Crippen molar-refractivity contribution in [2.24, 2.45) is 0 Å². The van der Waals surface area contributed by atoms with E-state index < -0.39 is 12.3 Å². The predicted molar refractivity (Wildman–Crippen MR) is 192 cm³/mol. The van der Waals surface area contributed by atoms with Crippen molar-refractivity contribution in [1.82, 2.24) is 15.1 Å². The van der Waals surface area contributed by atoms with E-state index in [4.69, 9.17) is 14.6 Å². The van der Waals surface area contributed by atoms with E-state index in [1.807, 2.05) is 42.5 Å². The molecule has 2 aliphatic heterocycles. The molecule has 9 heteroatoms. The fraction of sp³-hybridized carbons (Fsp3) is 0.366. The minimum absolute atomic E-state index is 0.00682. The van der Waals surface area contributed by atoms with Crippen LogP contribution in [-0.4, -0.2) is 70.7 Å². The van der Waals surface area contributed by atoms with Gasteiger partial charge in [-0.3, -0.25) is 19.4 Å². The Morgan fingerprint density at radius 2 is 1.42 bits per heavy atom. The lowest BCUT2D eigenvalue weighted by Gasteiger charge is -2.40. The van der Waals surface area contributed by atoms with Crippen LogP contribution in [0.2, 0.25) is 0 Å². The molecule has 0 aromatic heterocycles. The maximum Gasteiger partial charge on any atom is 0.303 e. The van der Waals surface area contributed by atoms with Gasteiger partial charge in [-0.1, -0.05) is 97.1 Å². The van der Waals surface area contributed by atoms with E-state index in [-0.39, 0.29) is 37.6 Å². The maximum absolute atomic E-state index is 12.2. The molecule has 6 rings (SSSR count). The number of carbonyl (C=O) groups excluding carboxylic acids is 1. The summed E-state index contributed by atoms with van der Waals surface area (Å²) >= 11 is 0. The summed E-state index contributed by atoms with van der Waals surface area (Å²) in [5.74, 6) is -1.05. The lowest BCUT2D eigenvalue weighted by molar-refractivity contribution is -0.253. The van der Waals surface area contributed by atoms with Crippen LogP contribution in [0.3, 0.4) is 0 Å². The first-order valence-corrected chi connectivity index (χ1v) is 17.6. The standard InChI is InChI=1S/C41H47N3O6/c45-29-31-12-14-34(15-13-31)38-25-37(28-44-22-20-43(21-23-44)27-30-6-2-1-3-7-30)49-41(50-38)35-18-16-33(17-19-35)36-9-4-8-32(24-36)26-42-39(46)10-5-11-40(47)48/h1-4,6-9,12-19,24,37-38,41,45H,5,10-11,20-23,25-29H2,(H,42,46)(H,47,48)/t37-,38+,41+/m1/s1. The molecule has 0 bridgehead atoms. The number of piperazine rings is 1. The van der Waals surface area contributed by atoms with Crippen LogP contribution < -0.4 is 5.32 Å². The van der Waals surface area contributed by atoms with Gasteiger partial charge in [0.25, 0.3) is 0 Å². The molecule has 50 heavy (non-hydrogen) atoms. The quantitative estimate of drug-likeness (QED) is 0.147. The van der Waals surface area contributed by atoms with Crippen LogP contribution in [0.5, 0.6) is 0 Å². The summed E-state index contributed by atoms with van der Waals surface area (Å²) in [5.41, 5.74) is 7.30. The zero-order valence-electron chi connectivity index (χ0n) is 28.5. The third-order valence-electron chi connectivity index (χ3n) is 9.52. The van der Waals surface area contributed by atoms with Crippen LogP contribution >= 0.6 is 0 Å². The van der Waals surface area contributed by atoms with Crippen molar-refractivity contribution in [2.45, 2.75) is 63.9 Å². The molecule has 0 spiro atoms. The van der Waals surface area contributed by atoms with E-state index in [0.29, 0.717) is 13.0 Å². The Labute approximate surface area is 294 Å². The molecule has 0 unspecified atom stereocenters. The zero-order valence-corrected chi connectivity index (χ0v) is 28.5. The van der Waals surface area contributed by atoms with E-state index in [9.17, 15) is 14.7 Å². The molecule has 2 aliphatic rings. The van der Waals surface area contributed by atoms with Gasteiger partial charge < -0.3 is 25.0 Å². The average molecular weight is 678 g/mol. The minimum Gasteiger partial charge on any atom is -0.481 e. The lowest BCUT2D eigenvalue weighted by Crippen LogP contribution is -2.49. The summed E-state index contributed by atoms with van der Waals surface area (Å²) in [5, 5.41) is 21.3. The first kappa shape index (κ1) is 35.4. The number of nitrogens with one attached hydrogen (secondary N) is 1. The second kappa shape index (κ2) is 17.5. The van der Waals surface area contributed by atoms with Crippen molar-refractivity contribution in [3.8, 4) is 11.1 Å². The Balaban J connectivity index is 1.09. The second-order valence-electron chi connectivity index (χ2n) is 13.3. The van der Waals surface area contributed by atoms with Gasteiger partial charge in [0.1, 0.15) is 0 Å². The van der Waals surface area contributed by atoms with Gasteiger partial charge in [0, 0.05) is 70.6 Å². The largest absolute Gasteiger partial charge is 0.481 e. The summed E-state index contributed by atoms with van der Waals surface area (Å²) in [6.45, 7) is 6.24. The van der Waals surface area contributed by atoms with Gasteiger partial charge in [-0.25, -0.2) is 0 Å². The van der Waals surface area contributed by atoms with E-state index in [1.165, 1.54) is 5.56 Å². The SMILES string of the molecule is O=C(O)CCCC(=O)NCc1cccc(-c2ccc([C@H]3O[C@@H](CN4CCN(Cc5ccccc5)CC4)C[C@@H](c4ccc(CO)cc4)O3)cc2)c1. The van der Waals surface area contributed by atoms with Crippen molar-refractivity contribution in [3.05, 3.63) is 131 Å². The molecule has 2 heterocycles. The lowest BCUT2D eigenvalue weighted by atomic mass is 9.98. The first-order valence-electron chi connectivity index (χ1n) is 17.6. The highest BCUT2D eigenvalue weighted by Gasteiger charge is 2.33. The third-order valence-corrected chi connectivity index (χ3v) is 9.52. The number of nitrogens with zero attached hydrogens (tertiary/aromatic N) is 2. The van der Waals surface area contributed by atoms with Crippen molar-refractivity contribution in [2.75, 3.05) is 32.7 Å². The number of amides is 1. The van der Waals surface area contributed by atoms with Crippen molar-refractivity contribution in [1.29, 1.82) is 0 Å². The van der Waals surface area contributed by atoms with Crippen LogP contribution in [-0.2, 0) is 38.8 Å². The monoisotopic (exact) mass is 677 g/mol. The summed E-state index contributed by atoms with van der Waals surface area (Å²) < 4.78 is 13.3. The number of benzene rings is 4. The number of aliphatic carboxylic acids is 1. The highest BCUT2D eigenvalue weighted by atomic mass is 16.7. The molecule has 4 aromatic carbocycles. The van der Waals surface area contributed by atoms with Crippen LogP contribution in [0.15, 0.2) is 103 Å².